The number of aliphatic hydroxyl groups excluding tert-OH is 2. The number of nitro groups is 1. The number of aryl methyl sites for hydroxylation is 1. The first-order valence-corrected chi connectivity index (χ1v) is 5.20. The summed E-state index contributed by atoms with van der Waals surface area (Å²) in [7, 11) is 0. The SMILES string of the molecule is CCn1cc([N+](=O)[O-])c(=O)n(CC(O)CO)c1=O. The van der Waals surface area contributed by atoms with E-state index in [1.165, 1.54) is 0 Å². The predicted octanol–water partition coefficient (Wildman–Crippen LogP) is -1.71. The molecule has 9 nitrogen and oxygen atoms in total. The smallest absolute Gasteiger partial charge is 0.350 e. The van der Waals surface area contributed by atoms with Gasteiger partial charge in [-0.05, 0) is 6.92 Å². The summed E-state index contributed by atoms with van der Waals surface area (Å²) in [6.07, 6.45) is -0.463. The molecular formula is C9H13N3O6. The van der Waals surface area contributed by atoms with Gasteiger partial charge in [0.15, 0.2) is 0 Å². The molecule has 0 saturated carbocycles. The minimum absolute atomic E-state index is 0.148. The molecule has 18 heavy (non-hydrogen) atoms. The summed E-state index contributed by atoms with van der Waals surface area (Å²) in [6, 6.07) is 0. The van der Waals surface area contributed by atoms with Crippen LogP contribution in [0.3, 0.4) is 0 Å². The maximum atomic E-state index is 11.8. The molecule has 1 atom stereocenters. The van der Waals surface area contributed by atoms with Gasteiger partial charge >= 0.3 is 16.9 Å². The van der Waals surface area contributed by atoms with E-state index in [9.17, 15) is 24.8 Å². The third kappa shape index (κ3) is 2.63. The fraction of sp³-hybridized carbons (Fsp3) is 0.556. The molecule has 0 saturated heterocycles. The van der Waals surface area contributed by atoms with Crippen LogP contribution in [0.5, 0.6) is 0 Å². The molecule has 0 aliphatic carbocycles. The molecule has 1 heterocycles. The third-order valence-electron chi connectivity index (χ3n) is 2.36. The van der Waals surface area contributed by atoms with E-state index in [0.717, 1.165) is 10.8 Å². The lowest BCUT2D eigenvalue weighted by molar-refractivity contribution is -0.387. The van der Waals surface area contributed by atoms with E-state index >= 15 is 0 Å². The summed E-state index contributed by atoms with van der Waals surface area (Å²) in [5.41, 5.74) is -2.61. The fourth-order valence-electron chi connectivity index (χ4n) is 1.42. The summed E-state index contributed by atoms with van der Waals surface area (Å²) < 4.78 is 1.53. The standard InChI is InChI=1S/C9H13N3O6/c1-2-10-4-7(12(17)18)8(15)11(9(10)16)3-6(14)5-13/h4,6,13-14H,2-3,5H2,1H3. The third-order valence-corrected chi connectivity index (χ3v) is 2.36. The first-order valence-electron chi connectivity index (χ1n) is 5.20. The van der Waals surface area contributed by atoms with Crippen LogP contribution in [0.2, 0.25) is 0 Å². The minimum atomic E-state index is -1.33. The molecule has 0 spiro atoms. The Kier molecular flexibility index (Phi) is 4.34. The zero-order chi connectivity index (χ0) is 13.9. The van der Waals surface area contributed by atoms with Crippen molar-refractivity contribution >= 4 is 5.69 Å². The fourth-order valence-corrected chi connectivity index (χ4v) is 1.42. The molecule has 1 unspecified atom stereocenters. The summed E-state index contributed by atoms with van der Waals surface area (Å²) in [6.45, 7) is 0.591. The molecule has 0 aliphatic heterocycles. The highest BCUT2D eigenvalue weighted by Crippen LogP contribution is 2.00. The Bertz CT molecular complexity index is 560. The van der Waals surface area contributed by atoms with Crippen LogP contribution in [-0.2, 0) is 13.1 Å². The van der Waals surface area contributed by atoms with Crippen molar-refractivity contribution in [3.05, 3.63) is 37.1 Å². The molecule has 0 amide bonds. The van der Waals surface area contributed by atoms with E-state index in [2.05, 4.69) is 0 Å². The Morgan fingerprint density at radius 3 is 2.56 bits per heavy atom. The van der Waals surface area contributed by atoms with Gasteiger partial charge in [-0.25, -0.2) is 4.79 Å². The van der Waals surface area contributed by atoms with Gasteiger partial charge in [0, 0.05) is 6.54 Å². The van der Waals surface area contributed by atoms with Gasteiger partial charge in [0.05, 0.1) is 30.4 Å². The van der Waals surface area contributed by atoms with Gasteiger partial charge in [0.2, 0.25) is 0 Å². The maximum Gasteiger partial charge on any atom is 0.350 e. The van der Waals surface area contributed by atoms with Crippen molar-refractivity contribution in [2.45, 2.75) is 26.1 Å². The molecular weight excluding hydrogens is 246 g/mol. The molecule has 1 rings (SSSR count). The van der Waals surface area contributed by atoms with E-state index in [-0.39, 0.29) is 6.54 Å². The normalized spacial score (nSPS) is 12.4. The Morgan fingerprint density at radius 2 is 2.11 bits per heavy atom. The summed E-state index contributed by atoms with van der Waals surface area (Å²) >= 11 is 0. The van der Waals surface area contributed by atoms with Crippen molar-refractivity contribution in [1.82, 2.24) is 9.13 Å². The van der Waals surface area contributed by atoms with Crippen molar-refractivity contribution in [2.24, 2.45) is 0 Å². The van der Waals surface area contributed by atoms with Gasteiger partial charge < -0.3 is 10.2 Å². The average molecular weight is 259 g/mol. The zero-order valence-corrected chi connectivity index (χ0v) is 9.65. The first kappa shape index (κ1) is 14.1. The summed E-state index contributed by atoms with van der Waals surface area (Å²) in [5.74, 6) is 0. The molecule has 0 aliphatic rings. The Morgan fingerprint density at radius 1 is 1.50 bits per heavy atom. The van der Waals surface area contributed by atoms with Gasteiger partial charge in [-0.1, -0.05) is 0 Å². The van der Waals surface area contributed by atoms with Gasteiger partial charge in [-0.3, -0.25) is 24.0 Å². The second kappa shape index (κ2) is 5.56. The van der Waals surface area contributed by atoms with Crippen LogP contribution in [0.1, 0.15) is 6.92 Å². The molecule has 9 heteroatoms. The second-order valence-corrected chi connectivity index (χ2v) is 3.59. The van der Waals surface area contributed by atoms with Gasteiger partial charge in [-0.15, -0.1) is 0 Å². The Hall–Kier alpha value is -2.00. The maximum absolute atomic E-state index is 11.8. The molecule has 0 radical (unpaired) electrons. The molecule has 0 aromatic carbocycles. The van der Waals surface area contributed by atoms with Crippen LogP contribution in [0.4, 0.5) is 5.69 Å². The Labute approximate surface area is 101 Å². The molecule has 100 valence electrons. The highest BCUT2D eigenvalue weighted by atomic mass is 16.6. The molecule has 0 fully saturated rings. The second-order valence-electron chi connectivity index (χ2n) is 3.59. The lowest BCUT2D eigenvalue weighted by Crippen LogP contribution is -2.43. The van der Waals surface area contributed by atoms with Gasteiger partial charge in [0.1, 0.15) is 0 Å². The van der Waals surface area contributed by atoms with Crippen LogP contribution in [0.15, 0.2) is 15.8 Å². The van der Waals surface area contributed by atoms with E-state index in [1.807, 2.05) is 0 Å². The van der Waals surface area contributed by atoms with Crippen molar-refractivity contribution in [3.63, 3.8) is 0 Å². The number of hydrogen-bond donors (Lipinski definition) is 2. The quantitative estimate of drug-likeness (QED) is 0.478. The molecule has 1 aromatic heterocycles. The largest absolute Gasteiger partial charge is 0.394 e. The number of aliphatic hydroxyl groups is 2. The Balaban J connectivity index is 3.48. The lowest BCUT2D eigenvalue weighted by Gasteiger charge is -2.11. The number of hydrogen-bond acceptors (Lipinski definition) is 6. The van der Waals surface area contributed by atoms with Crippen molar-refractivity contribution in [2.75, 3.05) is 6.61 Å². The monoisotopic (exact) mass is 259 g/mol. The topological polar surface area (TPSA) is 128 Å². The minimum Gasteiger partial charge on any atom is -0.394 e. The van der Waals surface area contributed by atoms with Crippen molar-refractivity contribution < 1.29 is 15.1 Å². The van der Waals surface area contributed by atoms with E-state index in [1.54, 1.807) is 6.92 Å². The van der Waals surface area contributed by atoms with Gasteiger partial charge in [0.25, 0.3) is 0 Å². The van der Waals surface area contributed by atoms with E-state index < -0.39 is 41.1 Å². The summed E-state index contributed by atoms with van der Waals surface area (Å²) in [5, 5.41) is 28.6. The molecule has 1 aromatic rings. The number of nitrogens with zero attached hydrogens (tertiary/aromatic N) is 3. The highest BCUT2D eigenvalue weighted by Gasteiger charge is 2.20. The van der Waals surface area contributed by atoms with E-state index in [4.69, 9.17) is 5.11 Å². The van der Waals surface area contributed by atoms with E-state index in [0.29, 0.717) is 4.57 Å². The van der Waals surface area contributed by atoms with Crippen LogP contribution < -0.4 is 11.2 Å². The highest BCUT2D eigenvalue weighted by molar-refractivity contribution is 5.21. The van der Waals surface area contributed by atoms with Crippen LogP contribution in [0.25, 0.3) is 0 Å². The van der Waals surface area contributed by atoms with Crippen LogP contribution in [-0.4, -0.2) is 37.0 Å². The summed E-state index contributed by atoms with van der Waals surface area (Å²) in [4.78, 5) is 33.2. The first-order chi connectivity index (χ1) is 8.42. The zero-order valence-electron chi connectivity index (χ0n) is 9.65. The van der Waals surface area contributed by atoms with Gasteiger partial charge in [-0.2, -0.15) is 0 Å². The average Bonchev–Trinajstić information content (AvgIpc) is 2.33. The number of rotatable bonds is 5. The predicted molar refractivity (Wildman–Crippen MR) is 60.4 cm³/mol. The van der Waals surface area contributed by atoms with Crippen LogP contribution >= 0.6 is 0 Å². The lowest BCUT2D eigenvalue weighted by atomic mass is 10.3. The number of aromatic nitrogens is 2. The van der Waals surface area contributed by atoms with Crippen LogP contribution in [0, 0.1) is 10.1 Å². The molecule has 0 bridgehead atoms. The van der Waals surface area contributed by atoms with Crippen molar-refractivity contribution in [3.8, 4) is 0 Å². The molecule has 2 N–H and O–H groups in total. The van der Waals surface area contributed by atoms with Crippen molar-refractivity contribution in [1.29, 1.82) is 0 Å².